The van der Waals surface area contributed by atoms with Crippen LogP contribution in [0.3, 0.4) is 0 Å². The lowest BCUT2D eigenvalue weighted by atomic mass is 10.2. The van der Waals surface area contributed by atoms with E-state index < -0.39 is 0 Å². The van der Waals surface area contributed by atoms with Crippen LogP contribution in [0, 0.1) is 6.92 Å². The van der Waals surface area contributed by atoms with Crippen LogP contribution in [0.4, 0.5) is 0 Å². The molecule has 168 valence electrons. The second kappa shape index (κ2) is 11.2. The number of pyridine rings is 1. The number of rotatable bonds is 10. The van der Waals surface area contributed by atoms with Crippen LogP contribution >= 0.6 is 0 Å². The van der Waals surface area contributed by atoms with Gasteiger partial charge in [0.25, 0.3) is 5.91 Å². The monoisotopic (exact) mass is 434 g/mol. The zero-order chi connectivity index (χ0) is 22.9. The van der Waals surface area contributed by atoms with Crippen LogP contribution in [-0.4, -0.2) is 17.6 Å². The SMILES string of the molecule is CCCCn1c(C)cc(=O)c(OCc2ccccc2)c1CNC(=O)c1cccc(OC)c1. The van der Waals surface area contributed by atoms with E-state index >= 15 is 0 Å². The summed E-state index contributed by atoms with van der Waals surface area (Å²) in [4.78, 5) is 25.6. The lowest BCUT2D eigenvalue weighted by molar-refractivity contribution is 0.0949. The summed E-state index contributed by atoms with van der Waals surface area (Å²) in [5.74, 6) is 0.648. The number of nitrogens with one attached hydrogen (secondary N) is 1. The molecule has 0 saturated carbocycles. The van der Waals surface area contributed by atoms with E-state index in [0.717, 1.165) is 30.6 Å². The minimum Gasteiger partial charge on any atom is -0.497 e. The highest BCUT2D eigenvalue weighted by molar-refractivity contribution is 5.94. The van der Waals surface area contributed by atoms with Gasteiger partial charge in [0.1, 0.15) is 12.4 Å². The molecule has 0 aliphatic carbocycles. The Bertz CT molecular complexity index is 1110. The van der Waals surface area contributed by atoms with Crippen LogP contribution in [0.2, 0.25) is 0 Å². The van der Waals surface area contributed by atoms with E-state index in [9.17, 15) is 9.59 Å². The van der Waals surface area contributed by atoms with Gasteiger partial charge in [0, 0.05) is 23.9 Å². The maximum absolute atomic E-state index is 12.8. The van der Waals surface area contributed by atoms with E-state index in [1.165, 1.54) is 0 Å². The normalized spacial score (nSPS) is 10.6. The third kappa shape index (κ3) is 5.78. The molecular formula is C26H30N2O4. The van der Waals surface area contributed by atoms with Crippen LogP contribution in [-0.2, 0) is 19.7 Å². The summed E-state index contributed by atoms with van der Waals surface area (Å²) >= 11 is 0. The molecule has 0 fully saturated rings. The predicted octanol–water partition coefficient (Wildman–Crippen LogP) is 4.47. The molecule has 1 aromatic heterocycles. The first-order valence-corrected chi connectivity index (χ1v) is 10.9. The van der Waals surface area contributed by atoms with Crippen LogP contribution < -0.4 is 20.2 Å². The molecule has 0 radical (unpaired) electrons. The zero-order valence-corrected chi connectivity index (χ0v) is 18.9. The Hall–Kier alpha value is -3.54. The third-order valence-corrected chi connectivity index (χ3v) is 5.29. The van der Waals surface area contributed by atoms with Crippen molar-refractivity contribution in [3.63, 3.8) is 0 Å². The number of benzene rings is 2. The molecule has 1 N–H and O–H groups in total. The number of carbonyl (C=O) groups excluding carboxylic acids is 1. The van der Waals surface area contributed by atoms with E-state index in [-0.39, 0.29) is 30.2 Å². The fraction of sp³-hybridized carbons (Fsp3) is 0.308. The van der Waals surface area contributed by atoms with Crippen molar-refractivity contribution in [1.29, 1.82) is 0 Å². The minimum absolute atomic E-state index is 0.181. The van der Waals surface area contributed by atoms with Crippen LogP contribution in [0.15, 0.2) is 65.5 Å². The van der Waals surface area contributed by atoms with Crippen molar-refractivity contribution in [2.45, 2.75) is 46.4 Å². The van der Waals surface area contributed by atoms with E-state index in [2.05, 4.69) is 16.8 Å². The molecule has 0 atom stereocenters. The summed E-state index contributed by atoms with van der Waals surface area (Å²) in [7, 11) is 1.56. The lowest BCUT2D eigenvalue weighted by Crippen LogP contribution is -2.28. The van der Waals surface area contributed by atoms with Gasteiger partial charge in [-0.1, -0.05) is 49.7 Å². The van der Waals surface area contributed by atoms with Gasteiger partial charge in [-0.2, -0.15) is 0 Å². The average molecular weight is 435 g/mol. The first kappa shape index (κ1) is 23.1. The number of methoxy groups -OCH3 is 1. The van der Waals surface area contributed by atoms with Gasteiger partial charge in [0.15, 0.2) is 5.75 Å². The molecule has 3 rings (SSSR count). The Labute approximate surface area is 188 Å². The molecule has 0 unspecified atom stereocenters. The van der Waals surface area contributed by atoms with Gasteiger partial charge in [0.05, 0.1) is 19.3 Å². The van der Waals surface area contributed by atoms with Gasteiger partial charge in [-0.05, 0) is 37.1 Å². The van der Waals surface area contributed by atoms with Gasteiger partial charge in [-0.25, -0.2) is 0 Å². The Morgan fingerprint density at radius 3 is 2.56 bits per heavy atom. The highest BCUT2D eigenvalue weighted by Gasteiger charge is 2.17. The summed E-state index contributed by atoms with van der Waals surface area (Å²) < 4.78 is 13.3. The maximum atomic E-state index is 12.8. The van der Waals surface area contributed by atoms with Crippen molar-refractivity contribution in [2.24, 2.45) is 0 Å². The van der Waals surface area contributed by atoms with E-state index in [0.29, 0.717) is 17.0 Å². The standard InChI is InChI=1S/C26H30N2O4/c1-4-5-14-28-19(2)15-24(29)25(32-18-20-10-7-6-8-11-20)23(28)17-27-26(30)21-12-9-13-22(16-21)31-3/h6-13,15-16H,4-5,14,17-18H2,1-3H3,(H,27,30). The molecular weight excluding hydrogens is 404 g/mol. The number of unbranched alkanes of at least 4 members (excludes halogenated alkanes) is 1. The molecule has 1 amide bonds. The zero-order valence-electron chi connectivity index (χ0n) is 18.9. The maximum Gasteiger partial charge on any atom is 0.251 e. The number of aryl methyl sites for hydroxylation is 1. The molecule has 0 spiro atoms. The highest BCUT2D eigenvalue weighted by atomic mass is 16.5. The minimum atomic E-state index is -0.242. The first-order valence-electron chi connectivity index (χ1n) is 10.9. The van der Waals surface area contributed by atoms with E-state index in [4.69, 9.17) is 9.47 Å². The topological polar surface area (TPSA) is 69.6 Å². The Morgan fingerprint density at radius 2 is 1.84 bits per heavy atom. The summed E-state index contributed by atoms with van der Waals surface area (Å²) in [6.07, 6.45) is 1.97. The number of aromatic nitrogens is 1. The van der Waals surface area contributed by atoms with Crippen LogP contribution in [0.5, 0.6) is 11.5 Å². The number of hydrogen-bond donors (Lipinski definition) is 1. The number of carbonyl (C=O) groups is 1. The Morgan fingerprint density at radius 1 is 1.06 bits per heavy atom. The summed E-state index contributed by atoms with van der Waals surface area (Å²) in [6.45, 7) is 5.24. The molecule has 0 saturated heterocycles. The van der Waals surface area contributed by atoms with Gasteiger partial charge < -0.3 is 19.4 Å². The number of nitrogens with zero attached hydrogens (tertiary/aromatic N) is 1. The quantitative estimate of drug-likeness (QED) is 0.511. The smallest absolute Gasteiger partial charge is 0.251 e. The number of amides is 1. The number of ether oxygens (including phenoxy) is 2. The van der Waals surface area contributed by atoms with Gasteiger partial charge in [-0.15, -0.1) is 0 Å². The van der Waals surface area contributed by atoms with Crippen LogP contribution in [0.25, 0.3) is 0 Å². The van der Waals surface area contributed by atoms with Gasteiger partial charge in [-0.3, -0.25) is 9.59 Å². The molecule has 0 aliphatic rings. The molecule has 0 bridgehead atoms. The van der Waals surface area contributed by atoms with E-state index in [1.807, 2.05) is 37.3 Å². The van der Waals surface area contributed by atoms with Crippen molar-refractivity contribution in [1.82, 2.24) is 9.88 Å². The largest absolute Gasteiger partial charge is 0.497 e. The van der Waals surface area contributed by atoms with Crippen molar-refractivity contribution in [2.75, 3.05) is 7.11 Å². The molecule has 3 aromatic rings. The summed E-state index contributed by atoms with van der Waals surface area (Å²) in [5.41, 5.74) is 2.80. The fourth-order valence-electron chi connectivity index (χ4n) is 3.53. The third-order valence-electron chi connectivity index (χ3n) is 5.29. The Kier molecular flexibility index (Phi) is 8.08. The Balaban J connectivity index is 1.89. The lowest BCUT2D eigenvalue weighted by Gasteiger charge is -2.21. The number of hydrogen-bond acceptors (Lipinski definition) is 4. The molecule has 1 heterocycles. The predicted molar refractivity (Wildman–Crippen MR) is 125 cm³/mol. The van der Waals surface area contributed by atoms with Gasteiger partial charge in [0.2, 0.25) is 5.43 Å². The molecule has 0 aliphatic heterocycles. The van der Waals surface area contributed by atoms with E-state index in [1.54, 1.807) is 37.4 Å². The highest BCUT2D eigenvalue weighted by Crippen LogP contribution is 2.19. The summed E-state index contributed by atoms with van der Waals surface area (Å²) in [5, 5.41) is 2.94. The van der Waals surface area contributed by atoms with Crippen molar-refractivity contribution in [3.8, 4) is 11.5 Å². The molecule has 32 heavy (non-hydrogen) atoms. The molecule has 6 nitrogen and oxygen atoms in total. The molecule has 2 aromatic carbocycles. The van der Waals surface area contributed by atoms with Crippen molar-refractivity contribution in [3.05, 3.63) is 93.4 Å². The fourth-order valence-corrected chi connectivity index (χ4v) is 3.53. The second-order valence-corrected chi connectivity index (χ2v) is 7.62. The van der Waals surface area contributed by atoms with Crippen molar-refractivity contribution < 1.29 is 14.3 Å². The second-order valence-electron chi connectivity index (χ2n) is 7.62. The van der Waals surface area contributed by atoms with Gasteiger partial charge >= 0.3 is 0 Å². The summed E-state index contributed by atoms with van der Waals surface area (Å²) in [6, 6.07) is 18.3. The van der Waals surface area contributed by atoms with Crippen LogP contribution in [0.1, 0.15) is 47.1 Å². The molecule has 6 heteroatoms. The van der Waals surface area contributed by atoms with Crippen molar-refractivity contribution >= 4 is 5.91 Å². The average Bonchev–Trinajstić information content (AvgIpc) is 2.82. The first-order chi connectivity index (χ1) is 15.5.